The Morgan fingerprint density at radius 3 is 2.36 bits per heavy atom. The number of hydrogen-bond acceptors (Lipinski definition) is 6. The van der Waals surface area contributed by atoms with Crippen molar-refractivity contribution in [3.8, 4) is 5.88 Å². The second-order valence-corrected chi connectivity index (χ2v) is 11.2. The lowest BCUT2D eigenvalue weighted by Crippen LogP contribution is -2.50. The number of para-hydroxylation sites is 1. The summed E-state index contributed by atoms with van der Waals surface area (Å²) >= 11 is 0. The lowest BCUT2D eigenvalue weighted by Gasteiger charge is -2.25. The number of nitrogens with one attached hydrogen (secondary N) is 1. The lowest BCUT2D eigenvalue weighted by atomic mass is 10.0. The molecule has 4 unspecified atom stereocenters. The average molecular weight is 530 g/mol. The number of hydrogen-bond donors (Lipinski definition) is 2. The molecule has 8 heteroatoms. The van der Waals surface area contributed by atoms with Crippen LogP contribution in [0.4, 0.5) is 0 Å². The van der Waals surface area contributed by atoms with Crippen LogP contribution < -0.4 is 10.1 Å². The van der Waals surface area contributed by atoms with Gasteiger partial charge >= 0.3 is 5.97 Å². The zero-order valence-electron chi connectivity index (χ0n) is 22.1. The van der Waals surface area contributed by atoms with E-state index in [9.17, 15) is 19.5 Å². The van der Waals surface area contributed by atoms with Gasteiger partial charge in [0.25, 0.3) is 5.91 Å². The standard InChI is InChI=1S/C31H35N3O5/c35-26-25-19-32-31(30(37)38)18-20(31)12-6-4-2-1-3-5-11-17-34(25)29(36)27(26)39-28-23-15-8-7-13-21(23)22-14-9-10-16-24(22)33-28/h7-10,13-16,20,25,27,32H,1-6,11-12,17-19H2,(H,37,38). The van der Waals surface area contributed by atoms with Crippen LogP contribution in [0.15, 0.2) is 48.5 Å². The van der Waals surface area contributed by atoms with Crippen LogP contribution in [0.1, 0.15) is 57.8 Å². The van der Waals surface area contributed by atoms with Crippen molar-refractivity contribution < 1.29 is 24.2 Å². The van der Waals surface area contributed by atoms with Crippen LogP contribution >= 0.6 is 0 Å². The predicted octanol–water partition coefficient (Wildman–Crippen LogP) is 4.48. The van der Waals surface area contributed by atoms with Gasteiger partial charge in [-0.05, 0) is 42.7 Å². The number of fused-ring (bicyclic) bond motifs is 5. The Bertz CT molecular complexity index is 1420. The molecule has 3 aliphatic rings. The minimum Gasteiger partial charge on any atom is -0.480 e. The van der Waals surface area contributed by atoms with E-state index in [1.807, 2.05) is 48.5 Å². The van der Waals surface area contributed by atoms with Crippen molar-refractivity contribution in [3.63, 3.8) is 0 Å². The van der Waals surface area contributed by atoms with Crippen LogP contribution in [-0.2, 0) is 14.4 Å². The number of Topliss-reactive ketones (excluding diaryl/α,β-unsaturated/α-hetero) is 1. The van der Waals surface area contributed by atoms with Gasteiger partial charge in [-0.25, -0.2) is 4.98 Å². The Balaban J connectivity index is 1.29. The fraction of sp³-hybridized carbons (Fsp3) is 0.484. The van der Waals surface area contributed by atoms with Gasteiger partial charge < -0.3 is 14.7 Å². The van der Waals surface area contributed by atoms with Crippen molar-refractivity contribution in [3.05, 3.63) is 48.5 Å². The lowest BCUT2D eigenvalue weighted by molar-refractivity contribution is -0.141. The number of carboxylic acids is 1. The molecule has 2 aromatic carbocycles. The molecule has 0 radical (unpaired) electrons. The molecular weight excluding hydrogens is 494 g/mol. The van der Waals surface area contributed by atoms with Gasteiger partial charge in [-0.2, -0.15) is 0 Å². The minimum atomic E-state index is -1.30. The molecule has 1 amide bonds. The quantitative estimate of drug-likeness (QED) is 0.380. The van der Waals surface area contributed by atoms with E-state index in [1.54, 1.807) is 4.90 Å². The summed E-state index contributed by atoms with van der Waals surface area (Å²) in [6.45, 7) is 0.561. The van der Waals surface area contributed by atoms with E-state index >= 15 is 0 Å². The second-order valence-electron chi connectivity index (χ2n) is 11.2. The number of carboxylic acid groups (broad SMARTS) is 1. The maximum absolute atomic E-state index is 13.7. The van der Waals surface area contributed by atoms with Gasteiger partial charge in [0.05, 0.1) is 5.52 Å². The van der Waals surface area contributed by atoms with Crippen molar-refractivity contribution in [2.45, 2.75) is 75.5 Å². The first-order valence-electron chi connectivity index (χ1n) is 14.3. The van der Waals surface area contributed by atoms with E-state index in [4.69, 9.17) is 4.74 Å². The topological polar surface area (TPSA) is 109 Å². The van der Waals surface area contributed by atoms with Gasteiger partial charge in [-0.3, -0.25) is 19.7 Å². The Morgan fingerprint density at radius 2 is 1.59 bits per heavy atom. The summed E-state index contributed by atoms with van der Waals surface area (Å²) in [5.41, 5.74) is -0.284. The minimum absolute atomic E-state index is 0.0565. The van der Waals surface area contributed by atoms with Gasteiger partial charge in [0, 0.05) is 23.9 Å². The number of ketones is 1. The molecule has 6 rings (SSSR count). The molecule has 204 valence electrons. The molecule has 1 aromatic heterocycles. The van der Waals surface area contributed by atoms with Crippen LogP contribution in [0.25, 0.3) is 21.7 Å². The SMILES string of the molecule is O=C1C(Oc2nc3ccccc3c3ccccc23)C(=O)N2CCCCCCCCCC3CC3(C(=O)O)NCC12. The third-order valence-electron chi connectivity index (χ3n) is 8.82. The first-order chi connectivity index (χ1) is 19.0. The molecule has 2 N–H and O–H groups in total. The number of aliphatic carboxylic acids is 1. The molecule has 2 saturated heterocycles. The van der Waals surface area contributed by atoms with E-state index in [-0.39, 0.29) is 30.0 Å². The first-order valence-corrected chi connectivity index (χ1v) is 14.3. The van der Waals surface area contributed by atoms with Crippen molar-refractivity contribution in [1.29, 1.82) is 0 Å². The number of carbonyl (C=O) groups is 3. The van der Waals surface area contributed by atoms with Gasteiger partial charge in [0.1, 0.15) is 11.6 Å². The van der Waals surface area contributed by atoms with E-state index < -0.39 is 23.7 Å². The summed E-state index contributed by atoms with van der Waals surface area (Å²) < 4.78 is 6.18. The molecular formula is C31H35N3O5. The number of nitrogens with zero attached hydrogens (tertiary/aromatic N) is 2. The highest BCUT2D eigenvalue weighted by atomic mass is 16.5. The molecule has 3 aromatic rings. The Hall–Kier alpha value is -3.52. The Morgan fingerprint density at radius 1 is 0.923 bits per heavy atom. The molecule has 3 fully saturated rings. The van der Waals surface area contributed by atoms with Crippen molar-refractivity contribution in [1.82, 2.24) is 15.2 Å². The summed E-state index contributed by atoms with van der Waals surface area (Å²) in [5, 5.41) is 15.9. The van der Waals surface area contributed by atoms with Crippen LogP contribution in [-0.4, -0.2) is 63.4 Å². The molecule has 4 atom stereocenters. The van der Waals surface area contributed by atoms with Crippen LogP contribution in [0.2, 0.25) is 0 Å². The maximum atomic E-state index is 13.7. The number of ether oxygens (including phenoxy) is 1. The molecule has 3 heterocycles. The number of aromatic nitrogens is 1. The summed E-state index contributed by atoms with van der Waals surface area (Å²) in [4.78, 5) is 45.9. The number of pyridine rings is 1. The zero-order valence-corrected chi connectivity index (χ0v) is 22.1. The average Bonchev–Trinajstić information content (AvgIpc) is 3.62. The highest BCUT2D eigenvalue weighted by Crippen LogP contribution is 2.47. The molecule has 1 saturated carbocycles. The fourth-order valence-electron chi connectivity index (χ4n) is 6.48. The summed E-state index contributed by atoms with van der Waals surface area (Å²) in [6.07, 6.45) is 7.43. The fourth-order valence-corrected chi connectivity index (χ4v) is 6.48. The molecule has 1 aliphatic carbocycles. The maximum Gasteiger partial charge on any atom is 0.324 e. The van der Waals surface area contributed by atoms with Crippen molar-refractivity contribution in [2.75, 3.05) is 13.1 Å². The zero-order chi connectivity index (χ0) is 27.0. The van der Waals surface area contributed by atoms with Gasteiger partial charge in [0.2, 0.25) is 17.8 Å². The normalized spacial score (nSPS) is 28.4. The highest BCUT2D eigenvalue weighted by molar-refractivity contribution is 6.14. The largest absolute Gasteiger partial charge is 0.480 e. The number of carbonyl (C=O) groups excluding carboxylic acids is 2. The Kier molecular flexibility index (Phi) is 6.97. The van der Waals surface area contributed by atoms with Gasteiger partial charge in [0.15, 0.2) is 0 Å². The van der Waals surface area contributed by atoms with Gasteiger partial charge in [-0.15, -0.1) is 0 Å². The molecule has 8 nitrogen and oxygen atoms in total. The molecule has 0 bridgehead atoms. The predicted molar refractivity (Wildman–Crippen MR) is 148 cm³/mol. The third kappa shape index (κ3) is 4.75. The number of rotatable bonds is 3. The first kappa shape index (κ1) is 25.7. The summed E-state index contributed by atoms with van der Waals surface area (Å²) in [7, 11) is 0. The number of benzene rings is 2. The van der Waals surface area contributed by atoms with Crippen molar-refractivity contribution in [2.24, 2.45) is 5.92 Å². The highest BCUT2D eigenvalue weighted by Gasteiger charge is 2.60. The van der Waals surface area contributed by atoms with E-state index in [0.717, 1.165) is 73.0 Å². The third-order valence-corrected chi connectivity index (χ3v) is 8.82. The van der Waals surface area contributed by atoms with Crippen LogP contribution in [0.3, 0.4) is 0 Å². The smallest absolute Gasteiger partial charge is 0.324 e. The van der Waals surface area contributed by atoms with Crippen LogP contribution in [0, 0.1) is 5.92 Å². The molecule has 39 heavy (non-hydrogen) atoms. The summed E-state index contributed by atoms with van der Waals surface area (Å²) in [6, 6.07) is 14.7. The Labute approximate surface area is 227 Å². The number of amides is 1. The molecule has 0 spiro atoms. The van der Waals surface area contributed by atoms with Crippen LogP contribution in [0.5, 0.6) is 5.88 Å². The molecule has 2 aliphatic heterocycles. The van der Waals surface area contributed by atoms with E-state index in [1.165, 1.54) is 0 Å². The van der Waals surface area contributed by atoms with Gasteiger partial charge in [-0.1, -0.05) is 74.9 Å². The monoisotopic (exact) mass is 529 g/mol. The summed E-state index contributed by atoms with van der Waals surface area (Å²) in [5.74, 6) is -1.27. The van der Waals surface area contributed by atoms with E-state index in [0.29, 0.717) is 13.0 Å². The van der Waals surface area contributed by atoms with E-state index in [2.05, 4.69) is 10.3 Å². The van der Waals surface area contributed by atoms with Crippen molar-refractivity contribution >= 4 is 39.3 Å². The second kappa shape index (κ2) is 10.6.